The summed E-state index contributed by atoms with van der Waals surface area (Å²) in [5.74, 6) is 0.782. The Morgan fingerprint density at radius 3 is 2.61 bits per heavy atom. The lowest BCUT2D eigenvalue weighted by Crippen LogP contribution is -2.13. The van der Waals surface area contributed by atoms with Crippen LogP contribution in [0.2, 0.25) is 0 Å². The maximum absolute atomic E-state index is 12.6. The van der Waals surface area contributed by atoms with Crippen molar-refractivity contribution < 1.29 is 9.53 Å². The summed E-state index contributed by atoms with van der Waals surface area (Å²) < 4.78 is 6.50. The van der Waals surface area contributed by atoms with Crippen LogP contribution in [0.25, 0.3) is 20.8 Å². The molecule has 0 atom stereocenters. The van der Waals surface area contributed by atoms with Crippen molar-refractivity contribution >= 4 is 33.1 Å². The van der Waals surface area contributed by atoms with E-state index in [0.717, 1.165) is 37.8 Å². The average molecular weight is 388 g/mol. The van der Waals surface area contributed by atoms with Crippen LogP contribution in [-0.4, -0.2) is 18.0 Å². The highest BCUT2D eigenvalue weighted by Gasteiger charge is 2.13. The molecule has 140 valence electrons. The number of methoxy groups -OCH3 is 1. The first-order valence-corrected chi connectivity index (χ1v) is 9.93. The Morgan fingerprint density at radius 1 is 1.00 bits per heavy atom. The molecule has 4 rings (SSSR count). The van der Waals surface area contributed by atoms with Gasteiger partial charge in [0.15, 0.2) is 0 Å². The number of nitrogens with zero attached hydrogens (tertiary/aromatic N) is 1. The number of rotatable bonds is 6. The average Bonchev–Trinajstić information content (AvgIpc) is 3.17. The lowest BCUT2D eigenvalue weighted by molar-refractivity contribution is -0.116. The van der Waals surface area contributed by atoms with Crippen molar-refractivity contribution in [3.8, 4) is 16.3 Å². The predicted molar refractivity (Wildman–Crippen MR) is 115 cm³/mol. The predicted octanol–water partition coefficient (Wildman–Crippen LogP) is 5.54. The van der Waals surface area contributed by atoms with E-state index in [1.165, 1.54) is 0 Å². The molecule has 28 heavy (non-hydrogen) atoms. The van der Waals surface area contributed by atoms with Crippen molar-refractivity contribution in [1.29, 1.82) is 0 Å². The molecular formula is C23H20N2O2S. The highest BCUT2D eigenvalue weighted by Crippen LogP contribution is 2.34. The van der Waals surface area contributed by atoms with Crippen LogP contribution < -0.4 is 10.1 Å². The van der Waals surface area contributed by atoms with Gasteiger partial charge >= 0.3 is 0 Å². The molecule has 0 unspecified atom stereocenters. The van der Waals surface area contributed by atoms with Gasteiger partial charge in [-0.25, -0.2) is 4.98 Å². The Bertz CT molecular complexity index is 1090. The molecule has 5 heteroatoms. The van der Waals surface area contributed by atoms with E-state index in [4.69, 9.17) is 9.72 Å². The van der Waals surface area contributed by atoms with Crippen LogP contribution in [0.1, 0.15) is 12.0 Å². The van der Waals surface area contributed by atoms with Gasteiger partial charge in [0.2, 0.25) is 5.91 Å². The van der Waals surface area contributed by atoms with E-state index < -0.39 is 0 Å². The minimum absolute atomic E-state index is 0.0283. The first kappa shape index (κ1) is 18.2. The number of aromatic nitrogens is 1. The molecule has 0 aliphatic heterocycles. The van der Waals surface area contributed by atoms with E-state index in [1.54, 1.807) is 18.4 Å². The van der Waals surface area contributed by atoms with Gasteiger partial charge in [-0.2, -0.15) is 0 Å². The van der Waals surface area contributed by atoms with Gasteiger partial charge in [0, 0.05) is 12.0 Å². The zero-order chi connectivity index (χ0) is 19.3. The number of thiazole rings is 1. The third-order valence-electron chi connectivity index (χ3n) is 4.54. The number of hydrogen-bond acceptors (Lipinski definition) is 4. The number of anilines is 1. The van der Waals surface area contributed by atoms with E-state index >= 15 is 0 Å². The fourth-order valence-corrected chi connectivity index (χ4v) is 4.14. The monoisotopic (exact) mass is 388 g/mol. The molecule has 1 aromatic heterocycles. The molecule has 0 bridgehead atoms. The Labute approximate surface area is 167 Å². The van der Waals surface area contributed by atoms with Crippen LogP contribution in [0.5, 0.6) is 5.75 Å². The normalized spacial score (nSPS) is 10.8. The lowest BCUT2D eigenvalue weighted by Gasteiger charge is -2.10. The number of ether oxygens (including phenoxy) is 1. The van der Waals surface area contributed by atoms with E-state index in [1.807, 2.05) is 66.7 Å². The summed E-state index contributed by atoms with van der Waals surface area (Å²) in [6.07, 6.45) is 1.01. The van der Waals surface area contributed by atoms with Crippen LogP contribution in [0.4, 0.5) is 5.69 Å². The molecule has 4 nitrogen and oxygen atoms in total. The van der Waals surface area contributed by atoms with Crippen molar-refractivity contribution in [2.24, 2.45) is 0 Å². The molecule has 0 saturated heterocycles. The second-order valence-corrected chi connectivity index (χ2v) is 7.42. The van der Waals surface area contributed by atoms with Crippen LogP contribution in [0.3, 0.4) is 0 Å². The van der Waals surface area contributed by atoms with Gasteiger partial charge in [-0.1, -0.05) is 42.5 Å². The van der Waals surface area contributed by atoms with Crippen molar-refractivity contribution in [2.45, 2.75) is 12.8 Å². The van der Waals surface area contributed by atoms with Crippen LogP contribution in [-0.2, 0) is 11.2 Å². The maximum Gasteiger partial charge on any atom is 0.224 e. The van der Waals surface area contributed by atoms with Gasteiger partial charge in [-0.3, -0.25) is 4.79 Å². The quantitative estimate of drug-likeness (QED) is 0.472. The van der Waals surface area contributed by atoms with Crippen LogP contribution in [0, 0.1) is 0 Å². The van der Waals surface area contributed by atoms with Crippen molar-refractivity contribution in [2.75, 3.05) is 12.4 Å². The number of nitrogens with one attached hydrogen (secondary N) is 1. The summed E-state index contributed by atoms with van der Waals surface area (Å²) in [4.78, 5) is 17.3. The largest absolute Gasteiger partial charge is 0.496 e. The maximum atomic E-state index is 12.6. The number of aryl methyl sites for hydroxylation is 1. The Morgan fingerprint density at radius 2 is 1.75 bits per heavy atom. The van der Waals surface area contributed by atoms with Gasteiger partial charge < -0.3 is 10.1 Å². The van der Waals surface area contributed by atoms with Crippen molar-refractivity contribution in [3.63, 3.8) is 0 Å². The van der Waals surface area contributed by atoms with E-state index in [2.05, 4.69) is 11.4 Å². The van der Waals surface area contributed by atoms with E-state index in [-0.39, 0.29) is 5.91 Å². The lowest BCUT2D eigenvalue weighted by atomic mass is 10.1. The van der Waals surface area contributed by atoms with Crippen molar-refractivity contribution in [1.82, 2.24) is 4.98 Å². The fourth-order valence-electron chi connectivity index (χ4n) is 3.14. The molecular weight excluding hydrogens is 368 g/mol. The molecule has 0 spiro atoms. The van der Waals surface area contributed by atoms with Crippen molar-refractivity contribution in [3.05, 3.63) is 78.4 Å². The Balaban J connectivity index is 1.51. The third kappa shape index (κ3) is 3.89. The number of hydrogen-bond donors (Lipinski definition) is 1. The molecule has 0 aliphatic rings. The highest BCUT2D eigenvalue weighted by atomic mass is 32.1. The summed E-state index contributed by atoms with van der Waals surface area (Å²) in [6, 6.07) is 23.6. The smallest absolute Gasteiger partial charge is 0.224 e. The third-order valence-corrected chi connectivity index (χ3v) is 5.61. The molecule has 1 amide bonds. The second kappa shape index (κ2) is 8.23. The SMILES string of the molecule is COc1ccccc1CCC(=O)Nc1ccccc1-c1nc2ccccc2s1. The first-order chi connectivity index (χ1) is 13.7. The van der Waals surface area contributed by atoms with Gasteiger partial charge in [-0.05, 0) is 42.3 Å². The molecule has 4 aromatic rings. The molecule has 0 radical (unpaired) electrons. The van der Waals surface area contributed by atoms with Gasteiger partial charge in [0.05, 0.1) is 23.0 Å². The number of fused-ring (bicyclic) bond motifs is 1. The zero-order valence-electron chi connectivity index (χ0n) is 15.5. The fraction of sp³-hybridized carbons (Fsp3) is 0.130. The summed E-state index contributed by atoms with van der Waals surface area (Å²) in [5, 5.41) is 3.95. The molecule has 1 heterocycles. The summed E-state index contributed by atoms with van der Waals surface area (Å²) >= 11 is 1.63. The molecule has 0 saturated carbocycles. The molecule has 0 fully saturated rings. The number of para-hydroxylation sites is 3. The van der Waals surface area contributed by atoms with Crippen LogP contribution >= 0.6 is 11.3 Å². The topological polar surface area (TPSA) is 51.2 Å². The van der Waals surface area contributed by atoms with Gasteiger partial charge in [0.25, 0.3) is 0 Å². The number of carbonyl (C=O) groups is 1. The van der Waals surface area contributed by atoms with E-state index in [9.17, 15) is 4.79 Å². The zero-order valence-corrected chi connectivity index (χ0v) is 16.3. The van der Waals surface area contributed by atoms with Gasteiger partial charge in [-0.15, -0.1) is 11.3 Å². The Kier molecular flexibility index (Phi) is 5.35. The number of amides is 1. The molecule has 1 N–H and O–H groups in total. The number of benzene rings is 3. The van der Waals surface area contributed by atoms with Crippen LogP contribution in [0.15, 0.2) is 72.8 Å². The van der Waals surface area contributed by atoms with Gasteiger partial charge in [0.1, 0.15) is 10.8 Å². The number of carbonyl (C=O) groups excluding carboxylic acids is 1. The summed E-state index contributed by atoms with van der Waals surface area (Å²) in [7, 11) is 1.65. The molecule has 0 aliphatic carbocycles. The molecule has 3 aromatic carbocycles. The minimum Gasteiger partial charge on any atom is -0.496 e. The summed E-state index contributed by atoms with van der Waals surface area (Å²) in [5.41, 5.74) is 3.72. The van der Waals surface area contributed by atoms with E-state index in [0.29, 0.717) is 12.8 Å². The highest BCUT2D eigenvalue weighted by molar-refractivity contribution is 7.21. The standard InChI is InChI=1S/C23H20N2O2S/c1-27-20-12-6-2-8-16(20)14-15-22(26)24-18-10-4-3-9-17(18)23-25-19-11-5-7-13-21(19)28-23/h2-13H,14-15H2,1H3,(H,24,26). The Hall–Kier alpha value is -3.18. The first-order valence-electron chi connectivity index (χ1n) is 9.11. The minimum atomic E-state index is -0.0283. The summed E-state index contributed by atoms with van der Waals surface area (Å²) in [6.45, 7) is 0. The second-order valence-electron chi connectivity index (χ2n) is 6.39.